The number of alkyl halides is 20. The molecule has 8 nitrogen and oxygen atoms in total. The van der Waals surface area contributed by atoms with Crippen molar-refractivity contribution in [1.29, 1.82) is 0 Å². The molecule has 0 aromatic heterocycles. The molecule has 0 aromatic rings. The molecule has 0 aliphatic heterocycles. The molecule has 0 saturated heterocycles. The lowest BCUT2D eigenvalue weighted by Gasteiger charge is -2.57. The van der Waals surface area contributed by atoms with Crippen LogP contribution in [-0.4, -0.2) is 101 Å². The Bertz CT molecular complexity index is 1240. The van der Waals surface area contributed by atoms with Crippen molar-refractivity contribution >= 4 is 20.2 Å². The monoisotopic (exact) mass is 736 g/mol. The van der Waals surface area contributed by atoms with Crippen molar-refractivity contribution in [2.45, 2.75) is 64.5 Å². The maximum Gasteiger partial charge on any atom is 0.437 e. The molecule has 43 heavy (non-hydrogen) atoms. The minimum absolute atomic E-state index is 3.49. The van der Waals surface area contributed by atoms with Crippen LogP contribution in [0.4, 0.5) is 87.8 Å². The molecule has 4 N–H and O–H groups in total. The molecule has 0 heterocycles. The van der Waals surface area contributed by atoms with Crippen LogP contribution < -0.4 is 0 Å². The fourth-order valence-electron chi connectivity index (χ4n) is 3.75. The van der Waals surface area contributed by atoms with Crippen LogP contribution in [0.1, 0.15) is 6.42 Å². The van der Waals surface area contributed by atoms with E-state index in [-0.39, 0.29) is 0 Å². The maximum absolute atomic E-state index is 15.7. The number of aliphatic hydroxyl groups excluding tert-OH is 1. The number of hydrogen-bond donors (Lipinski definition) is 4. The Kier molecular flexibility index (Phi) is 9.78. The van der Waals surface area contributed by atoms with E-state index in [9.17, 15) is 105 Å². The quantitative estimate of drug-likeness (QED) is 0.191. The molecular weight excluding hydrogens is 728 g/mol. The normalized spacial score (nSPS) is 19.2. The molecule has 0 spiro atoms. The standard InChI is InChI=1S/C13H8F20O8S2/c14-5(11(26,27)28,12(29,30)31)7(17,18)8(19,42(36,37)38)3(35,1-2-34)4(9(20,21)22,10(23,24)25)6(15,16)13(32,33)43(39,40)41/h34-35H,1-2H2,(H,36,37,38)(H,39,40,41). The summed E-state index contributed by atoms with van der Waals surface area (Å²) in [5, 5.41) is 0.497. The van der Waals surface area contributed by atoms with Crippen LogP contribution in [-0.2, 0) is 20.2 Å². The van der Waals surface area contributed by atoms with Gasteiger partial charge in [0.1, 0.15) is 0 Å². The Labute approximate surface area is 221 Å². The average molecular weight is 736 g/mol. The van der Waals surface area contributed by atoms with E-state index < -0.39 is 96.8 Å². The van der Waals surface area contributed by atoms with E-state index in [1.165, 1.54) is 0 Å². The molecule has 2 unspecified atom stereocenters. The highest BCUT2D eigenvalue weighted by molar-refractivity contribution is 7.87. The molecule has 0 radical (unpaired) electrons. The molecule has 260 valence electrons. The van der Waals surface area contributed by atoms with Gasteiger partial charge in [-0.1, -0.05) is 0 Å². The molecule has 0 saturated carbocycles. The van der Waals surface area contributed by atoms with E-state index in [0.717, 1.165) is 0 Å². The zero-order chi connectivity index (χ0) is 35.9. The Morgan fingerprint density at radius 1 is 0.488 bits per heavy atom. The summed E-state index contributed by atoms with van der Waals surface area (Å²) in [6.07, 6.45) is -40.5. The van der Waals surface area contributed by atoms with Gasteiger partial charge >= 0.3 is 72.7 Å². The van der Waals surface area contributed by atoms with Crippen molar-refractivity contribution in [2.75, 3.05) is 6.61 Å². The van der Waals surface area contributed by atoms with E-state index in [2.05, 4.69) is 0 Å². The van der Waals surface area contributed by atoms with E-state index >= 15 is 4.39 Å². The van der Waals surface area contributed by atoms with Crippen LogP contribution in [0, 0.1) is 5.41 Å². The number of aliphatic hydroxyl groups is 2. The van der Waals surface area contributed by atoms with Crippen LogP contribution in [0.5, 0.6) is 0 Å². The van der Waals surface area contributed by atoms with Gasteiger partial charge in [-0.05, 0) is 0 Å². The number of rotatable bonds is 10. The summed E-state index contributed by atoms with van der Waals surface area (Å²) >= 11 is 0. The van der Waals surface area contributed by atoms with E-state index in [1.807, 2.05) is 0 Å². The molecular formula is C13H8F20O8S2. The van der Waals surface area contributed by atoms with Gasteiger partial charge in [0.2, 0.25) is 0 Å². The first-order valence-corrected chi connectivity index (χ1v) is 12.0. The fourth-order valence-corrected chi connectivity index (χ4v) is 5.37. The molecule has 0 rings (SSSR count). The fraction of sp³-hybridized carbons (Fsp3) is 1.00. The van der Waals surface area contributed by atoms with Crippen LogP contribution >= 0.6 is 0 Å². The number of hydrogen-bond acceptors (Lipinski definition) is 6. The summed E-state index contributed by atoms with van der Waals surface area (Å²) in [7, 11) is -18.1. The van der Waals surface area contributed by atoms with Gasteiger partial charge in [-0.2, -0.15) is 95.9 Å². The van der Waals surface area contributed by atoms with Crippen LogP contribution in [0.2, 0.25) is 0 Å². The topological polar surface area (TPSA) is 149 Å². The van der Waals surface area contributed by atoms with Gasteiger partial charge in [0.05, 0.1) is 0 Å². The number of halogens is 20. The Balaban J connectivity index is 9.52. The van der Waals surface area contributed by atoms with Gasteiger partial charge in [-0.15, -0.1) is 0 Å². The highest BCUT2D eigenvalue weighted by Gasteiger charge is 3.04. The molecule has 0 fully saturated rings. The van der Waals surface area contributed by atoms with Crippen molar-refractivity contribution in [3.05, 3.63) is 0 Å². The predicted octanol–water partition coefficient (Wildman–Crippen LogP) is 4.35. The second-order valence-electron chi connectivity index (χ2n) is 7.94. The average Bonchev–Trinajstić information content (AvgIpc) is 2.66. The minimum Gasteiger partial charge on any atom is -0.396 e. The molecule has 0 aromatic carbocycles. The second kappa shape index (κ2) is 10.2. The van der Waals surface area contributed by atoms with Crippen molar-refractivity contribution in [3.63, 3.8) is 0 Å². The third kappa shape index (κ3) is 4.87. The first kappa shape index (κ1) is 41.3. The van der Waals surface area contributed by atoms with Crippen LogP contribution in [0.15, 0.2) is 0 Å². The molecule has 0 aliphatic carbocycles. The molecule has 30 heteroatoms. The lowest BCUT2D eigenvalue weighted by molar-refractivity contribution is -0.484. The van der Waals surface area contributed by atoms with Crippen molar-refractivity contribution < 1.29 is 124 Å². The predicted molar refractivity (Wildman–Crippen MR) is 88.9 cm³/mol. The zero-order valence-corrected chi connectivity index (χ0v) is 20.3. The zero-order valence-electron chi connectivity index (χ0n) is 18.7. The molecule has 0 aliphatic rings. The third-order valence-corrected chi connectivity index (χ3v) is 7.82. The Morgan fingerprint density at radius 3 is 0.977 bits per heavy atom. The van der Waals surface area contributed by atoms with E-state index in [1.54, 1.807) is 0 Å². The summed E-state index contributed by atoms with van der Waals surface area (Å²) in [6, 6.07) is 0. The van der Waals surface area contributed by atoms with Gasteiger partial charge in [0.15, 0.2) is 5.60 Å². The highest BCUT2D eigenvalue weighted by atomic mass is 32.2. The van der Waals surface area contributed by atoms with Crippen LogP contribution in [0.3, 0.4) is 0 Å². The SMILES string of the molecule is O=S(=O)(O)C(F)(F)C(F)(F)C(C(F)(F)F)(C(F)(F)F)C(O)(CCO)C(F)(C(F)(F)C(F)(C(F)(F)F)C(F)(F)F)S(=O)(=O)O. The van der Waals surface area contributed by atoms with Gasteiger partial charge in [-0.3, -0.25) is 9.11 Å². The third-order valence-electron chi connectivity index (χ3n) is 5.61. The van der Waals surface area contributed by atoms with E-state index in [4.69, 9.17) is 14.2 Å². The van der Waals surface area contributed by atoms with Gasteiger partial charge in [0.25, 0.3) is 5.41 Å². The highest BCUT2D eigenvalue weighted by Crippen LogP contribution is 2.74. The molecule has 2 atom stereocenters. The lowest BCUT2D eigenvalue weighted by Crippen LogP contribution is -2.87. The minimum atomic E-state index is -9.61. The van der Waals surface area contributed by atoms with Crippen LogP contribution in [0.25, 0.3) is 0 Å². The van der Waals surface area contributed by atoms with Crippen molar-refractivity contribution in [3.8, 4) is 0 Å². The Hall–Kier alpha value is -1.66. The molecule has 0 bridgehead atoms. The van der Waals surface area contributed by atoms with E-state index in [0.29, 0.717) is 0 Å². The van der Waals surface area contributed by atoms with Gasteiger partial charge in [-0.25, -0.2) is 8.78 Å². The van der Waals surface area contributed by atoms with Crippen molar-refractivity contribution in [2.24, 2.45) is 5.41 Å². The first-order chi connectivity index (χ1) is 18.1. The first-order valence-electron chi connectivity index (χ1n) is 9.11. The summed E-state index contributed by atoms with van der Waals surface area (Å²) in [5.74, 6) is -19.1. The summed E-state index contributed by atoms with van der Waals surface area (Å²) < 4.78 is 339. The largest absolute Gasteiger partial charge is 0.437 e. The molecule has 0 amide bonds. The van der Waals surface area contributed by atoms with Gasteiger partial charge < -0.3 is 10.2 Å². The summed E-state index contributed by atoms with van der Waals surface area (Å²) in [6.45, 7) is -3.49. The lowest BCUT2D eigenvalue weighted by atomic mass is 9.60. The summed E-state index contributed by atoms with van der Waals surface area (Å²) in [4.78, 5) is 0. The van der Waals surface area contributed by atoms with Gasteiger partial charge in [0, 0.05) is 13.0 Å². The summed E-state index contributed by atoms with van der Waals surface area (Å²) in [5.41, 5.74) is -27.5. The Morgan fingerprint density at radius 2 is 0.791 bits per heavy atom. The second-order valence-corrected chi connectivity index (χ2v) is 10.9. The van der Waals surface area contributed by atoms with Crippen molar-refractivity contribution in [1.82, 2.24) is 0 Å². The smallest absolute Gasteiger partial charge is 0.396 e. The maximum atomic E-state index is 15.7.